The van der Waals surface area contributed by atoms with Crippen LogP contribution >= 0.6 is 11.6 Å². The number of hydrogen-bond donors (Lipinski definition) is 1. The molecule has 5 heteroatoms. The molecule has 0 saturated carbocycles. The van der Waals surface area contributed by atoms with Crippen LogP contribution in [-0.4, -0.2) is 30.6 Å². The van der Waals surface area contributed by atoms with Crippen LogP contribution in [-0.2, 0) is 17.9 Å². The molecule has 138 valence electrons. The van der Waals surface area contributed by atoms with Gasteiger partial charge in [-0.1, -0.05) is 54.1 Å². The minimum absolute atomic E-state index is 0.00675. The number of rotatable bonds is 6. The van der Waals surface area contributed by atoms with Gasteiger partial charge in [-0.3, -0.25) is 0 Å². The first-order chi connectivity index (χ1) is 12.7. The molecule has 1 saturated heterocycles. The fourth-order valence-corrected chi connectivity index (χ4v) is 3.32. The van der Waals surface area contributed by atoms with Gasteiger partial charge >= 0.3 is 6.03 Å². The van der Waals surface area contributed by atoms with Crippen LogP contribution in [0.2, 0.25) is 5.02 Å². The van der Waals surface area contributed by atoms with E-state index in [0.29, 0.717) is 30.7 Å². The van der Waals surface area contributed by atoms with E-state index in [1.807, 2.05) is 47.4 Å². The van der Waals surface area contributed by atoms with E-state index in [2.05, 4.69) is 17.4 Å². The van der Waals surface area contributed by atoms with E-state index in [-0.39, 0.29) is 6.03 Å². The summed E-state index contributed by atoms with van der Waals surface area (Å²) < 4.78 is 5.86. The largest absolute Gasteiger partial charge is 0.376 e. The molecular formula is C21H25ClN2O2. The summed E-state index contributed by atoms with van der Waals surface area (Å²) in [6.07, 6.45) is 2.13. The van der Waals surface area contributed by atoms with Gasteiger partial charge < -0.3 is 15.0 Å². The molecule has 4 nitrogen and oxygen atoms in total. The lowest BCUT2D eigenvalue weighted by molar-refractivity contribution is 0.0590. The quantitative estimate of drug-likeness (QED) is 0.812. The smallest absolute Gasteiger partial charge is 0.317 e. The Kier molecular flexibility index (Phi) is 6.92. The average molecular weight is 373 g/mol. The van der Waals surface area contributed by atoms with Crippen molar-refractivity contribution >= 4 is 17.6 Å². The molecule has 0 spiro atoms. The van der Waals surface area contributed by atoms with E-state index in [4.69, 9.17) is 16.3 Å². The Morgan fingerprint density at radius 2 is 1.88 bits per heavy atom. The predicted molar refractivity (Wildman–Crippen MR) is 104 cm³/mol. The second-order valence-electron chi connectivity index (χ2n) is 6.74. The van der Waals surface area contributed by atoms with E-state index in [1.165, 1.54) is 5.56 Å². The molecular weight excluding hydrogens is 348 g/mol. The van der Waals surface area contributed by atoms with Crippen LogP contribution in [0, 0.1) is 5.92 Å². The average Bonchev–Trinajstić information content (AvgIpc) is 2.68. The van der Waals surface area contributed by atoms with E-state index >= 15 is 0 Å². The number of hydrogen-bond acceptors (Lipinski definition) is 2. The Bertz CT molecular complexity index is 691. The Morgan fingerprint density at radius 3 is 2.65 bits per heavy atom. The number of piperidine rings is 1. The number of likely N-dealkylation sites (tertiary alicyclic amines) is 1. The highest BCUT2D eigenvalue weighted by Crippen LogP contribution is 2.18. The minimum atomic E-state index is -0.00675. The fourth-order valence-electron chi connectivity index (χ4n) is 3.19. The van der Waals surface area contributed by atoms with Crippen LogP contribution in [0.25, 0.3) is 0 Å². The van der Waals surface area contributed by atoms with Crippen LogP contribution < -0.4 is 5.32 Å². The standard InChI is InChI=1S/C21H25ClN2O2/c22-20-10-8-17(9-11-20)13-23-21(25)24-12-4-7-19(14-24)16-26-15-18-5-2-1-3-6-18/h1-3,5-6,8-11,19H,4,7,12-16H2,(H,23,25). The van der Waals surface area contributed by atoms with Gasteiger partial charge in [0.25, 0.3) is 0 Å². The van der Waals surface area contributed by atoms with Crippen LogP contribution in [0.1, 0.15) is 24.0 Å². The molecule has 2 aromatic rings. The molecule has 0 radical (unpaired) electrons. The highest BCUT2D eigenvalue weighted by atomic mass is 35.5. The van der Waals surface area contributed by atoms with E-state index < -0.39 is 0 Å². The Morgan fingerprint density at radius 1 is 1.12 bits per heavy atom. The third-order valence-corrected chi connectivity index (χ3v) is 4.88. The zero-order valence-electron chi connectivity index (χ0n) is 14.9. The third-order valence-electron chi connectivity index (χ3n) is 4.63. The summed E-state index contributed by atoms with van der Waals surface area (Å²) in [7, 11) is 0. The second-order valence-corrected chi connectivity index (χ2v) is 7.18. The fraction of sp³-hybridized carbons (Fsp3) is 0.381. The molecule has 1 aliphatic rings. The Hall–Kier alpha value is -2.04. The SMILES string of the molecule is O=C(NCc1ccc(Cl)cc1)N1CCCC(COCc2ccccc2)C1. The maximum Gasteiger partial charge on any atom is 0.317 e. The number of nitrogens with zero attached hydrogens (tertiary/aromatic N) is 1. The number of carbonyl (C=O) groups excluding carboxylic acids is 1. The van der Waals surface area contributed by atoms with Gasteiger partial charge in [0.2, 0.25) is 0 Å². The molecule has 1 unspecified atom stereocenters. The van der Waals surface area contributed by atoms with Crippen molar-refractivity contribution in [3.8, 4) is 0 Å². The normalized spacial score (nSPS) is 17.1. The molecule has 0 bridgehead atoms. The van der Waals surface area contributed by atoms with E-state index in [1.54, 1.807) is 0 Å². The molecule has 0 aromatic heterocycles. The van der Waals surface area contributed by atoms with Crippen molar-refractivity contribution in [3.63, 3.8) is 0 Å². The van der Waals surface area contributed by atoms with Crippen molar-refractivity contribution in [1.29, 1.82) is 0 Å². The van der Waals surface area contributed by atoms with Crippen molar-refractivity contribution in [2.45, 2.75) is 26.0 Å². The highest BCUT2D eigenvalue weighted by Gasteiger charge is 2.23. The summed E-state index contributed by atoms with van der Waals surface area (Å²) in [6, 6.07) is 17.7. The molecule has 3 rings (SSSR count). The highest BCUT2D eigenvalue weighted by molar-refractivity contribution is 6.30. The second kappa shape index (κ2) is 9.60. The molecule has 1 heterocycles. The van der Waals surface area contributed by atoms with Crippen molar-refractivity contribution < 1.29 is 9.53 Å². The van der Waals surface area contributed by atoms with Gasteiger partial charge in [0.1, 0.15) is 0 Å². The van der Waals surface area contributed by atoms with Gasteiger partial charge in [-0.15, -0.1) is 0 Å². The lowest BCUT2D eigenvalue weighted by Crippen LogP contribution is -2.46. The predicted octanol–water partition coefficient (Wildman–Crippen LogP) is 4.48. The monoisotopic (exact) mass is 372 g/mol. The first kappa shape index (κ1) is 18.7. The number of halogens is 1. The molecule has 26 heavy (non-hydrogen) atoms. The molecule has 2 aromatic carbocycles. The summed E-state index contributed by atoms with van der Waals surface area (Å²) >= 11 is 5.89. The maximum atomic E-state index is 12.4. The van der Waals surface area contributed by atoms with Gasteiger partial charge in [0.15, 0.2) is 0 Å². The van der Waals surface area contributed by atoms with Gasteiger partial charge in [-0.2, -0.15) is 0 Å². The number of ether oxygens (including phenoxy) is 1. The number of urea groups is 1. The number of carbonyl (C=O) groups is 1. The minimum Gasteiger partial charge on any atom is -0.376 e. The lowest BCUT2D eigenvalue weighted by Gasteiger charge is -2.32. The molecule has 1 N–H and O–H groups in total. The number of nitrogens with one attached hydrogen (secondary N) is 1. The summed E-state index contributed by atoms with van der Waals surface area (Å²) in [6.45, 7) is 3.39. The molecule has 0 aliphatic carbocycles. The third kappa shape index (κ3) is 5.75. The summed E-state index contributed by atoms with van der Waals surface area (Å²) in [4.78, 5) is 14.3. The zero-order valence-corrected chi connectivity index (χ0v) is 15.6. The van der Waals surface area contributed by atoms with Crippen molar-refractivity contribution in [1.82, 2.24) is 10.2 Å². The van der Waals surface area contributed by atoms with Gasteiger partial charge in [0, 0.05) is 30.6 Å². The molecule has 1 aliphatic heterocycles. The van der Waals surface area contributed by atoms with Crippen LogP contribution in [0.5, 0.6) is 0 Å². The van der Waals surface area contributed by atoms with Crippen LogP contribution in [0.3, 0.4) is 0 Å². The molecule has 2 amide bonds. The van der Waals surface area contributed by atoms with Crippen molar-refractivity contribution in [2.24, 2.45) is 5.92 Å². The summed E-state index contributed by atoms with van der Waals surface area (Å²) in [5.74, 6) is 0.397. The van der Waals surface area contributed by atoms with Gasteiger partial charge in [-0.25, -0.2) is 4.79 Å². The molecule has 1 fully saturated rings. The summed E-state index contributed by atoms with van der Waals surface area (Å²) in [5.41, 5.74) is 2.23. The Labute approximate surface area is 160 Å². The van der Waals surface area contributed by atoms with E-state index in [9.17, 15) is 4.79 Å². The number of benzene rings is 2. The first-order valence-corrected chi connectivity index (χ1v) is 9.47. The zero-order chi connectivity index (χ0) is 18.2. The van der Waals surface area contributed by atoms with Gasteiger partial charge in [0.05, 0.1) is 13.2 Å². The Balaban J connectivity index is 1.40. The van der Waals surface area contributed by atoms with Crippen molar-refractivity contribution in [3.05, 3.63) is 70.7 Å². The summed E-state index contributed by atoms with van der Waals surface area (Å²) in [5, 5.41) is 3.70. The van der Waals surface area contributed by atoms with Crippen LogP contribution in [0.15, 0.2) is 54.6 Å². The maximum absolute atomic E-state index is 12.4. The first-order valence-electron chi connectivity index (χ1n) is 9.09. The topological polar surface area (TPSA) is 41.6 Å². The van der Waals surface area contributed by atoms with Crippen molar-refractivity contribution in [2.75, 3.05) is 19.7 Å². The molecule has 1 atom stereocenters. The lowest BCUT2D eigenvalue weighted by atomic mass is 9.99. The van der Waals surface area contributed by atoms with Gasteiger partial charge in [-0.05, 0) is 36.1 Å². The number of amides is 2. The van der Waals surface area contributed by atoms with Crippen LogP contribution in [0.4, 0.5) is 4.79 Å². The van der Waals surface area contributed by atoms with E-state index in [0.717, 1.165) is 31.5 Å².